The van der Waals surface area contributed by atoms with Crippen molar-refractivity contribution in [1.82, 2.24) is 9.62 Å². The highest BCUT2D eigenvalue weighted by Crippen LogP contribution is 2.23. The van der Waals surface area contributed by atoms with E-state index in [1.165, 1.54) is 6.42 Å². The molecule has 96 valence electrons. The third kappa shape index (κ3) is 3.71. The van der Waals surface area contributed by atoms with Gasteiger partial charge in [-0.05, 0) is 39.3 Å². The maximum atomic E-state index is 12.1. The van der Waals surface area contributed by atoms with Gasteiger partial charge in [0, 0.05) is 12.6 Å². The van der Waals surface area contributed by atoms with Crippen LogP contribution >= 0.6 is 0 Å². The van der Waals surface area contributed by atoms with Gasteiger partial charge in [0.15, 0.2) is 0 Å². The van der Waals surface area contributed by atoms with E-state index in [-0.39, 0.29) is 11.8 Å². The standard InChI is InChI=1S/C11H24N2O2S/c1-3-11-7-4-5-9-13(11)16(14,15)10-6-8-12-2/h11-12H,3-10H2,1-2H3. The van der Waals surface area contributed by atoms with Crippen LogP contribution in [0, 0.1) is 0 Å². The Labute approximate surface area is 99.5 Å². The topological polar surface area (TPSA) is 49.4 Å². The Hall–Kier alpha value is -0.130. The second-order valence-corrected chi connectivity index (χ2v) is 6.48. The molecule has 1 saturated heterocycles. The van der Waals surface area contributed by atoms with Crippen LogP contribution in [0.3, 0.4) is 0 Å². The van der Waals surface area contributed by atoms with E-state index in [1.54, 1.807) is 4.31 Å². The van der Waals surface area contributed by atoms with Crippen molar-refractivity contribution in [2.45, 2.75) is 45.1 Å². The van der Waals surface area contributed by atoms with Gasteiger partial charge in [-0.25, -0.2) is 8.42 Å². The Bertz CT molecular complexity index is 290. The first-order valence-corrected chi connectivity index (χ1v) is 7.87. The van der Waals surface area contributed by atoms with Gasteiger partial charge in [-0.15, -0.1) is 0 Å². The smallest absolute Gasteiger partial charge is 0.214 e. The fourth-order valence-electron chi connectivity index (χ4n) is 2.30. The predicted octanol–water partition coefficient (Wildman–Crippen LogP) is 1.19. The summed E-state index contributed by atoms with van der Waals surface area (Å²) < 4.78 is 26.0. The van der Waals surface area contributed by atoms with Crippen LogP contribution in [0.15, 0.2) is 0 Å². The SMILES string of the molecule is CCC1CCCCN1S(=O)(=O)CCCNC. The van der Waals surface area contributed by atoms with Crippen molar-refractivity contribution in [2.75, 3.05) is 25.9 Å². The normalized spacial score (nSPS) is 23.5. The number of nitrogens with zero attached hydrogens (tertiary/aromatic N) is 1. The zero-order valence-corrected chi connectivity index (χ0v) is 11.2. The molecule has 1 aliphatic heterocycles. The molecule has 0 bridgehead atoms. The molecule has 0 aliphatic carbocycles. The van der Waals surface area contributed by atoms with Crippen molar-refractivity contribution in [3.8, 4) is 0 Å². The maximum absolute atomic E-state index is 12.1. The lowest BCUT2D eigenvalue weighted by Gasteiger charge is -2.34. The van der Waals surface area contributed by atoms with Crippen LogP contribution in [0.25, 0.3) is 0 Å². The highest BCUT2D eigenvalue weighted by molar-refractivity contribution is 7.89. The lowest BCUT2D eigenvalue weighted by molar-refractivity contribution is 0.246. The van der Waals surface area contributed by atoms with E-state index in [4.69, 9.17) is 0 Å². The first-order chi connectivity index (χ1) is 7.61. The Balaban J connectivity index is 2.57. The summed E-state index contributed by atoms with van der Waals surface area (Å²) in [7, 11) is -1.17. The summed E-state index contributed by atoms with van der Waals surface area (Å²) in [5, 5.41) is 2.99. The van der Waals surface area contributed by atoms with Gasteiger partial charge in [-0.2, -0.15) is 4.31 Å². The summed E-state index contributed by atoms with van der Waals surface area (Å²) in [5.41, 5.74) is 0. The fraction of sp³-hybridized carbons (Fsp3) is 1.00. The van der Waals surface area contributed by atoms with Crippen LogP contribution in [0.5, 0.6) is 0 Å². The molecule has 0 radical (unpaired) electrons. The highest BCUT2D eigenvalue weighted by Gasteiger charge is 2.30. The van der Waals surface area contributed by atoms with E-state index >= 15 is 0 Å². The molecule has 1 aliphatic rings. The minimum absolute atomic E-state index is 0.244. The van der Waals surface area contributed by atoms with Crippen molar-refractivity contribution in [3.05, 3.63) is 0 Å². The minimum atomic E-state index is -3.02. The molecule has 0 amide bonds. The van der Waals surface area contributed by atoms with Gasteiger partial charge < -0.3 is 5.32 Å². The second-order valence-electron chi connectivity index (χ2n) is 4.44. The number of nitrogens with one attached hydrogen (secondary N) is 1. The Morgan fingerprint density at radius 1 is 1.38 bits per heavy atom. The van der Waals surface area contributed by atoms with E-state index in [1.807, 2.05) is 7.05 Å². The van der Waals surface area contributed by atoms with Gasteiger partial charge in [-0.1, -0.05) is 13.3 Å². The molecule has 1 heterocycles. The van der Waals surface area contributed by atoms with Gasteiger partial charge in [0.05, 0.1) is 5.75 Å². The number of piperidine rings is 1. The molecule has 0 aromatic carbocycles. The van der Waals surface area contributed by atoms with Crippen molar-refractivity contribution >= 4 is 10.0 Å². The minimum Gasteiger partial charge on any atom is -0.320 e. The molecule has 0 aromatic heterocycles. The fourth-order valence-corrected chi connectivity index (χ4v) is 4.16. The molecule has 0 spiro atoms. The monoisotopic (exact) mass is 248 g/mol. The molecule has 16 heavy (non-hydrogen) atoms. The van der Waals surface area contributed by atoms with Crippen molar-refractivity contribution in [2.24, 2.45) is 0 Å². The number of rotatable bonds is 6. The average Bonchev–Trinajstić information content (AvgIpc) is 2.29. The summed E-state index contributed by atoms with van der Waals surface area (Å²) in [6.07, 6.45) is 4.85. The molecule has 1 atom stereocenters. The van der Waals surface area contributed by atoms with Gasteiger partial charge >= 0.3 is 0 Å². The van der Waals surface area contributed by atoms with Crippen LogP contribution in [-0.4, -0.2) is 44.7 Å². The lowest BCUT2D eigenvalue weighted by Crippen LogP contribution is -2.44. The van der Waals surface area contributed by atoms with E-state index < -0.39 is 10.0 Å². The number of hydrogen-bond acceptors (Lipinski definition) is 3. The predicted molar refractivity (Wildman–Crippen MR) is 67.0 cm³/mol. The largest absolute Gasteiger partial charge is 0.320 e. The summed E-state index contributed by atoms with van der Waals surface area (Å²) in [4.78, 5) is 0. The van der Waals surface area contributed by atoms with E-state index in [2.05, 4.69) is 12.2 Å². The first-order valence-electron chi connectivity index (χ1n) is 6.26. The van der Waals surface area contributed by atoms with Crippen LogP contribution < -0.4 is 5.32 Å². The molecule has 1 fully saturated rings. The lowest BCUT2D eigenvalue weighted by atomic mass is 10.0. The van der Waals surface area contributed by atoms with Crippen molar-refractivity contribution in [1.29, 1.82) is 0 Å². The van der Waals surface area contributed by atoms with Gasteiger partial charge in [0.1, 0.15) is 0 Å². The highest BCUT2D eigenvalue weighted by atomic mass is 32.2. The number of hydrogen-bond donors (Lipinski definition) is 1. The first kappa shape index (κ1) is 13.9. The number of sulfonamides is 1. The molecule has 1 rings (SSSR count). The van der Waals surface area contributed by atoms with Crippen molar-refractivity contribution in [3.63, 3.8) is 0 Å². The molecule has 0 saturated carbocycles. The Morgan fingerprint density at radius 3 is 2.75 bits per heavy atom. The van der Waals surface area contributed by atoms with Crippen molar-refractivity contribution < 1.29 is 8.42 Å². The average molecular weight is 248 g/mol. The van der Waals surface area contributed by atoms with E-state index in [0.717, 1.165) is 32.4 Å². The van der Waals surface area contributed by atoms with Gasteiger partial charge in [0.2, 0.25) is 10.0 Å². The molecule has 1 N–H and O–H groups in total. The molecule has 0 aromatic rings. The summed E-state index contributed by atoms with van der Waals surface area (Å²) >= 11 is 0. The zero-order chi connectivity index (χ0) is 12.0. The summed E-state index contributed by atoms with van der Waals surface area (Å²) in [5.74, 6) is 0.282. The Kier molecular flexibility index (Phi) is 5.72. The van der Waals surface area contributed by atoms with Crippen LogP contribution in [0.1, 0.15) is 39.0 Å². The Morgan fingerprint density at radius 2 is 2.12 bits per heavy atom. The molecule has 1 unspecified atom stereocenters. The van der Waals surface area contributed by atoms with Gasteiger partial charge in [0.25, 0.3) is 0 Å². The van der Waals surface area contributed by atoms with Crippen LogP contribution in [-0.2, 0) is 10.0 Å². The quantitative estimate of drug-likeness (QED) is 0.718. The van der Waals surface area contributed by atoms with Crippen LogP contribution in [0.4, 0.5) is 0 Å². The summed E-state index contributed by atoms with van der Waals surface area (Å²) in [6.45, 7) is 3.57. The van der Waals surface area contributed by atoms with E-state index in [0.29, 0.717) is 6.42 Å². The van der Waals surface area contributed by atoms with Crippen LogP contribution in [0.2, 0.25) is 0 Å². The third-order valence-corrected chi connectivity index (χ3v) is 5.23. The molecule has 5 heteroatoms. The van der Waals surface area contributed by atoms with E-state index in [9.17, 15) is 8.42 Å². The molecular weight excluding hydrogens is 224 g/mol. The molecule has 4 nitrogen and oxygen atoms in total. The molecular formula is C11H24N2O2S. The second kappa shape index (κ2) is 6.57. The maximum Gasteiger partial charge on any atom is 0.214 e. The zero-order valence-electron chi connectivity index (χ0n) is 10.4. The van der Waals surface area contributed by atoms with Gasteiger partial charge in [-0.3, -0.25) is 0 Å². The summed E-state index contributed by atoms with van der Waals surface area (Å²) in [6, 6.07) is 0.244. The third-order valence-electron chi connectivity index (χ3n) is 3.23.